The van der Waals surface area contributed by atoms with E-state index in [-0.39, 0.29) is 15.6 Å². The molecule has 0 unspecified atom stereocenters. The monoisotopic (exact) mass is 428 g/mol. The summed E-state index contributed by atoms with van der Waals surface area (Å²) < 4.78 is 43.4. The Kier molecular flexibility index (Phi) is 7.11. The summed E-state index contributed by atoms with van der Waals surface area (Å²) in [5.74, 6) is -2.17. The van der Waals surface area contributed by atoms with Gasteiger partial charge in [0, 0.05) is 7.05 Å². The summed E-state index contributed by atoms with van der Waals surface area (Å²) in [5, 5.41) is 2.35. The minimum Gasteiger partial charge on any atom is -0.455 e. The maximum absolute atomic E-state index is 13.0. The van der Waals surface area contributed by atoms with Crippen molar-refractivity contribution in [2.45, 2.75) is 11.8 Å². The van der Waals surface area contributed by atoms with E-state index in [1.54, 1.807) is 12.1 Å². The van der Waals surface area contributed by atoms with Crippen molar-refractivity contribution in [3.8, 4) is 0 Å². The molecule has 2 aromatic rings. The highest BCUT2D eigenvalue weighted by Crippen LogP contribution is 2.22. The fraction of sp³-hybridized carbons (Fsp3) is 0.222. The topological polar surface area (TPSA) is 92.8 Å². The van der Waals surface area contributed by atoms with Gasteiger partial charge >= 0.3 is 5.97 Å². The molecule has 0 aliphatic heterocycles. The van der Waals surface area contributed by atoms with Crippen LogP contribution in [0.2, 0.25) is 5.02 Å². The van der Waals surface area contributed by atoms with Gasteiger partial charge in [-0.15, -0.1) is 0 Å². The normalized spacial score (nSPS) is 11.3. The van der Waals surface area contributed by atoms with Crippen LogP contribution in [-0.4, -0.2) is 44.8 Å². The first-order valence-electron chi connectivity index (χ1n) is 8.03. The van der Waals surface area contributed by atoms with Gasteiger partial charge < -0.3 is 10.1 Å². The number of carbonyl (C=O) groups excluding carboxylic acids is 2. The molecule has 0 aliphatic rings. The second-order valence-corrected chi connectivity index (χ2v) is 8.36. The second-order valence-electron chi connectivity index (χ2n) is 5.91. The third kappa shape index (κ3) is 5.75. The number of halogens is 2. The van der Waals surface area contributed by atoms with Crippen molar-refractivity contribution in [3.05, 3.63) is 58.9 Å². The van der Waals surface area contributed by atoms with E-state index < -0.39 is 40.9 Å². The van der Waals surface area contributed by atoms with E-state index in [0.29, 0.717) is 0 Å². The minimum atomic E-state index is -3.87. The number of rotatable bonds is 7. The smallest absolute Gasteiger partial charge is 0.321 e. The molecule has 0 saturated heterocycles. The molecule has 0 aromatic heterocycles. The van der Waals surface area contributed by atoms with Crippen molar-refractivity contribution < 1.29 is 27.1 Å². The molecule has 2 aromatic carbocycles. The Morgan fingerprint density at radius 2 is 1.82 bits per heavy atom. The lowest BCUT2D eigenvalue weighted by Crippen LogP contribution is -2.34. The SMILES string of the molecule is Cc1ccc(S(=O)(=O)N(C)CC(=O)OCC(=O)Nc2ccc(F)cc2Cl)cc1. The number of anilines is 1. The standard InChI is InChI=1S/C18H18ClFN2O5S/c1-12-3-6-14(7-4-12)28(25,26)22(2)10-18(24)27-11-17(23)21-16-8-5-13(20)9-15(16)19/h3-9H,10-11H2,1-2H3,(H,21,23). The number of nitrogens with one attached hydrogen (secondary N) is 1. The van der Waals surface area contributed by atoms with Gasteiger partial charge in [0.1, 0.15) is 12.4 Å². The van der Waals surface area contributed by atoms with Crippen LogP contribution in [0.5, 0.6) is 0 Å². The highest BCUT2D eigenvalue weighted by Gasteiger charge is 2.23. The van der Waals surface area contributed by atoms with E-state index in [4.69, 9.17) is 16.3 Å². The first-order valence-corrected chi connectivity index (χ1v) is 9.85. The quantitative estimate of drug-likeness (QED) is 0.684. The Morgan fingerprint density at radius 3 is 2.43 bits per heavy atom. The van der Waals surface area contributed by atoms with E-state index in [9.17, 15) is 22.4 Å². The molecule has 0 saturated carbocycles. The Bertz CT molecular complexity index is 980. The fourth-order valence-electron chi connectivity index (χ4n) is 2.13. The molecule has 2 rings (SSSR count). The molecular weight excluding hydrogens is 411 g/mol. The average molecular weight is 429 g/mol. The Labute approximate surface area is 167 Å². The molecule has 0 spiro atoms. The first-order chi connectivity index (χ1) is 13.1. The summed E-state index contributed by atoms with van der Waals surface area (Å²) in [5.41, 5.74) is 1.05. The van der Waals surface area contributed by atoms with Crippen LogP contribution in [0.1, 0.15) is 5.56 Å². The van der Waals surface area contributed by atoms with Crippen molar-refractivity contribution in [2.24, 2.45) is 0 Å². The Balaban J connectivity index is 1.89. The number of benzene rings is 2. The molecule has 150 valence electrons. The second kappa shape index (κ2) is 9.13. The molecular formula is C18H18ClFN2O5S. The van der Waals surface area contributed by atoms with E-state index in [0.717, 1.165) is 22.0 Å². The van der Waals surface area contributed by atoms with Crippen molar-refractivity contribution in [1.29, 1.82) is 0 Å². The largest absolute Gasteiger partial charge is 0.455 e. The molecule has 0 radical (unpaired) electrons. The summed E-state index contributed by atoms with van der Waals surface area (Å²) in [7, 11) is -2.64. The zero-order valence-electron chi connectivity index (χ0n) is 15.1. The van der Waals surface area contributed by atoms with E-state index in [1.165, 1.54) is 25.2 Å². The zero-order valence-corrected chi connectivity index (χ0v) is 16.7. The van der Waals surface area contributed by atoms with Crippen LogP contribution < -0.4 is 5.32 Å². The summed E-state index contributed by atoms with van der Waals surface area (Å²) in [6.45, 7) is 0.605. The number of aryl methyl sites for hydroxylation is 1. The molecule has 10 heteroatoms. The number of ether oxygens (including phenoxy) is 1. The molecule has 0 fully saturated rings. The van der Waals surface area contributed by atoms with Crippen LogP contribution >= 0.6 is 11.6 Å². The van der Waals surface area contributed by atoms with Gasteiger partial charge in [-0.25, -0.2) is 12.8 Å². The van der Waals surface area contributed by atoms with Crippen LogP contribution in [0.25, 0.3) is 0 Å². The van der Waals surface area contributed by atoms with Crippen molar-refractivity contribution >= 4 is 39.2 Å². The summed E-state index contributed by atoms with van der Waals surface area (Å²) >= 11 is 5.79. The van der Waals surface area contributed by atoms with Crippen LogP contribution in [0.3, 0.4) is 0 Å². The van der Waals surface area contributed by atoms with Gasteiger partial charge in [-0.1, -0.05) is 29.3 Å². The number of nitrogens with zero attached hydrogens (tertiary/aromatic N) is 1. The number of sulfonamides is 1. The molecule has 0 heterocycles. The predicted molar refractivity (Wildman–Crippen MR) is 102 cm³/mol. The molecule has 0 aliphatic carbocycles. The molecule has 0 bridgehead atoms. The van der Waals surface area contributed by atoms with Gasteiger partial charge in [-0.3, -0.25) is 9.59 Å². The maximum Gasteiger partial charge on any atom is 0.321 e. The highest BCUT2D eigenvalue weighted by molar-refractivity contribution is 7.89. The Hall–Kier alpha value is -2.49. The van der Waals surface area contributed by atoms with Gasteiger partial charge in [0.05, 0.1) is 15.6 Å². The van der Waals surface area contributed by atoms with Gasteiger partial charge in [0.15, 0.2) is 6.61 Å². The minimum absolute atomic E-state index is 0.0106. The van der Waals surface area contributed by atoms with Crippen molar-refractivity contribution in [2.75, 3.05) is 25.5 Å². The van der Waals surface area contributed by atoms with Gasteiger partial charge in [-0.2, -0.15) is 4.31 Å². The average Bonchev–Trinajstić information content (AvgIpc) is 2.62. The zero-order chi connectivity index (χ0) is 20.9. The predicted octanol–water partition coefficient (Wildman–Crippen LogP) is 2.59. The van der Waals surface area contributed by atoms with Gasteiger partial charge in [-0.05, 0) is 37.3 Å². The number of carbonyl (C=O) groups is 2. The number of amides is 1. The molecule has 1 amide bonds. The third-order valence-electron chi connectivity index (χ3n) is 3.65. The van der Waals surface area contributed by atoms with E-state index >= 15 is 0 Å². The lowest BCUT2D eigenvalue weighted by Gasteiger charge is -2.16. The van der Waals surface area contributed by atoms with Crippen molar-refractivity contribution in [1.82, 2.24) is 4.31 Å². The highest BCUT2D eigenvalue weighted by atomic mass is 35.5. The molecule has 0 atom stereocenters. The fourth-order valence-corrected chi connectivity index (χ4v) is 3.46. The third-order valence-corrected chi connectivity index (χ3v) is 5.78. The summed E-state index contributed by atoms with van der Waals surface area (Å²) in [6.07, 6.45) is 0. The maximum atomic E-state index is 13.0. The molecule has 1 N–H and O–H groups in total. The van der Waals surface area contributed by atoms with Gasteiger partial charge in [0.2, 0.25) is 10.0 Å². The molecule has 28 heavy (non-hydrogen) atoms. The lowest BCUT2D eigenvalue weighted by molar-refractivity contribution is -0.147. The lowest BCUT2D eigenvalue weighted by atomic mass is 10.2. The first kappa shape index (κ1) is 21.8. The summed E-state index contributed by atoms with van der Waals surface area (Å²) in [6, 6.07) is 9.55. The van der Waals surface area contributed by atoms with Crippen LogP contribution in [0, 0.1) is 12.7 Å². The van der Waals surface area contributed by atoms with Crippen molar-refractivity contribution in [3.63, 3.8) is 0 Å². The number of hydrogen-bond donors (Lipinski definition) is 1. The summed E-state index contributed by atoms with van der Waals surface area (Å²) in [4.78, 5) is 23.7. The van der Waals surface area contributed by atoms with Crippen LogP contribution in [-0.2, 0) is 24.3 Å². The van der Waals surface area contributed by atoms with Gasteiger partial charge in [0.25, 0.3) is 5.91 Å². The number of esters is 1. The number of likely N-dealkylation sites (N-methyl/N-ethyl adjacent to an activating group) is 1. The van der Waals surface area contributed by atoms with E-state index in [2.05, 4.69) is 5.32 Å². The van der Waals surface area contributed by atoms with E-state index in [1.807, 2.05) is 6.92 Å². The van der Waals surface area contributed by atoms with Crippen LogP contribution in [0.15, 0.2) is 47.4 Å². The van der Waals surface area contributed by atoms with Crippen LogP contribution in [0.4, 0.5) is 10.1 Å². The molecule has 7 nitrogen and oxygen atoms in total. The number of hydrogen-bond acceptors (Lipinski definition) is 5. The Morgan fingerprint density at radius 1 is 1.18 bits per heavy atom.